The van der Waals surface area contributed by atoms with Crippen molar-refractivity contribution in [1.29, 1.82) is 0 Å². The number of fused-ring (bicyclic) bond motifs is 1. The molecule has 176 valence electrons. The van der Waals surface area contributed by atoms with Crippen molar-refractivity contribution in [3.05, 3.63) is 71.9 Å². The van der Waals surface area contributed by atoms with Crippen LogP contribution in [0, 0.1) is 6.92 Å². The average Bonchev–Trinajstić information content (AvgIpc) is 3.22. The van der Waals surface area contributed by atoms with Crippen molar-refractivity contribution in [1.82, 2.24) is 10.3 Å². The Morgan fingerprint density at radius 2 is 1.73 bits per heavy atom. The molecule has 3 rings (SSSR count). The Hall–Kier alpha value is -3.65. The molecule has 0 unspecified atom stereocenters. The lowest BCUT2D eigenvalue weighted by Crippen LogP contribution is -2.35. The molecule has 0 spiro atoms. The number of esters is 2. The molecule has 8 nitrogen and oxygen atoms in total. The van der Waals surface area contributed by atoms with Crippen molar-refractivity contribution in [3.63, 3.8) is 0 Å². The van der Waals surface area contributed by atoms with Gasteiger partial charge in [0.05, 0.1) is 6.61 Å². The summed E-state index contributed by atoms with van der Waals surface area (Å²) in [5.74, 6) is -1.44. The number of rotatable bonds is 9. The van der Waals surface area contributed by atoms with Crippen LogP contribution < -0.4 is 11.1 Å². The molecule has 0 aliphatic heterocycles. The summed E-state index contributed by atoms with van der Waals surface area (Å²) in [7, 11) is 0. The predicted molar refractivity (Wildman–Crippen MR) is 126 cm³/mol. The second-order valence-corrected chi connectivity index (χ2v) is 7.34. The number of benzene rings is 2. The van der Waals surface area contributed by atoms with E-state index in [0.717, 1.165) is 5.56 Å². The van der Waals surface area contributed by atoms with Gasteiger partial charge in [-0.05, 0) is 37.5 Å². The van der Waals surface area contributed by atoms with E-state index in [9.17, 15) is 14.4 Å². The second-order valence-electron chi connectivity index (χ2n) is 7.34. The molecule has 3 aromatic rings. The number of aryl methyl sites for hydroxylation is 1. The van der Waals surface area contributed by atoms with E-state index < -0.39 is 18.0 Å². The molecule has 0 saturated carbocycles. The largest absolute Gasteiger partial charge is 0.465 e. The van der Waals surface area contributed by atoms with Crippen molar-refractivity contribution in [3.8, 4) is 0 Å². The van der Waals surface area contributed by atoms with Crippen LogP contribution in [-0.2, 0) is 30.5 Å². The van der Waals surface area contributed by atoms with Gasteiger partial charge >= 0.3 is 11.9 Å². The fourth-order valence-electron chi connectivity index (χ4n) is 2.93. The smallest absolute Gasteiger partial charge is 0.325 e. The van der Waals surface area contributed by atoms with Crippen molar-refractivity contribution < 1.29 is 23.9 Å². The summed E-state index contributed by atoms with van der Waals surface area (Å²) in [6, 6.07) is 16.7. The minimum atomic E-state index is -0.882. The van der Waals surface area contributed by atoms with E-state index >= 15 is 0 Å². The van der Waals surface area contributed by atoms with E-state index in [0.29, 0.717) is 0 Å². The number of para-hydroxylation sites is 1. The molecule has 0 radical (unpaired) electrons. The summed E-state index contributed by atoms with van der Waals surface area (Å²) < 4.78 is 9.76. The van der Waals surface area contributed by atoms with Crippen molar-refractivity contribution >= 4 is 28.7 Å². The molecule has 0 saturated heterocycles. The number of H-pyrrole nitrogens is 1. The molecule has 1 amide bonds. The third kappa shape index (κ3) is 9.16. The van der Waals surface area contributed by atoms with Crippen LogP contribution in [0.2, 0.25) is 0 Å². The molecule has 0 bridgehead atoms. The molecule has 2 aromatic carbocycles. The van der Waals surface area contributed by atoms with Crippen LogP contribution in [0.5, 0.6) is 0 Å². The maximum Gasteiger partial charge on any atom is 0.325 e. The molecule has 0 fully saturated rings. The van der Waals surface area contributed by atoms with Gasteiger partial charge in [0.15, 0.2) is 0 Å². The van der Waals surface area contributed by atoms with Crippen LogP contribution in [0.1, 0.15) is 30.9 Å². The van der Waals surface area contributed by atoms with E-state index in [1.54, 1.807) is 6.92 Å². The summed E-state index contributed by atoms with van der Waals surface area (Å²) in [4.78, 5) is 37.5. The summed E-state index contributed by atoms with van der Waals surface area (Å²) in [6.45, 7) is 3.99. The Kier molecular flexibility index (Phi) is 10.6. The zero-order chi connectivity index (χ0) is 24.1. The Morgan fingerprint density at radius 1 is 1.03 bits per heavy atom. The van der Waals surface area contributed by atoms with Gasteiger partial charge in [-0.2, -0.15) is 0 Å². The Morgan fingerprint density at radius 3 is 2.42 bits per heavy atom. The number of nitrogens with one attached hydrogen (secondary N) is 2. The summed E-state index contributed by atoms with van der Waals surface area (Å²) in [5, 5.41) is 3.72. The van der Waals surface area contributed by atoms with Crippen LogP contribution in [0.4, 0.5) is 0 Å². The number of aromatic amines is 1. The summed E-state index contributed by atoms with van der Waals surface area (Å²) in [5.41, 5.74) is 9.09. The molecule has 1 heterocycles. The molecular weight excluding hydrogens is 422 g/mol. The number of carbonyl (C=O) groups excluding carboxylic acids is 3. The summed E-state index contributed by atoms with van der Waals surface area (Å²) in [6.07, 6.45) is 2.20. The number of ether oxygens (including phenoxy) is 2. The first-order valence-electron chi connectivity index (χ1n) is 10.8. The van der Waals surface area contributed by atoms with Crippen LogP contribution in [0.3, 0.4) is 0 Å². The lowest BCUT2D eigenvalue weighted by Gasteiger charge is -2.11. The standard InChI is InChI=1S/C16H22N2O5.C9H9N/c1-2-22-15(20)10-18-14(19)9-8-13(17)16(21)23-11-12-6-4-3-5-7-12;1-7-6-10-9-5-3-2-4-8(7)9/h3-7,13H,2,8-11,17H2,1H3,(H,18,19);2-6,10H,1H3/t13-;/m1./s1. The number of amides is 1. The highest BCUT2D eigenvalue weighted by Gasteiger charge is 2.17. The van der Waals surface area contributed by atoms with Crippen LogP contribution >= 0.6 is 0 Å². The highest BCUT2D eigenvalue weighted by molar-refractivity contribution is 5.83. The average molecular weight is 454 g/mol. The van der Waals surface area contributed by atoms with Crippen molar-refractivity contribution in [2.45, 2.75) is 39.3 Å². The van der Waals surface area contributed by atoms with Gasteiger partial charge in [0, 0.05) is 23.5 Å². The zero-order valence-corrected chi connectivity index (χ0v) is 19.0. The monoisotopic (exact) mass is 453 g/mol. The molecule has 1 aromatic heterocycles. The van der Waals surface area contributed by atoms with E-state index in [1.807, 2.05) is 42.6 Å². The zero-order valence-electron chi connectivity index (χ0n) is 19.0. The Labute approximate surface area is 193 Å². The molecule has 0 aliphatic rings. The maximum absolute atomic E-state index is 11.7. The fraction of sp³-hybridized carbons (Fsp3) is 0.320. The quantitative estimate of drug-likeness (QED) is 0.428. The van der Waals surface area contributed by atoms with Crippen LogP contribution in [-0.4, -0.2) is 42.0 Å². The van der Waals surface area contributed by atoms with Crippen molar-refractivity contribution in [2.24, 2.45) is 5.73 Å². The van der Waals surface area contributed by atoms with Crippen LogP contribution in [0.25, 0.3) is 10.9 Å². The van der Waals surface area contributed by atoms with E-state index in [-0.39, 0.29) is 38.5 Å². The third-order valence-corrected chi connectivity index (χ3v) is 4.74. The van der Waals surface area contributed by atoms with Gasteiger partial charge in [-0.25, -0.2) is 0 Å². The first kappa shape index (κ1) is 25.6. The lowest BCUT2D eigenvalue weighted by atomic mass is 10.1. The van der Waals surface area contributed by atoms with Crippen LogP contribution in [0.15, 0.2) is 60.8 Å². The second kappa shape index (κ2) is 13.7. The number of hydrogen-bond donors (Lipinski definition) is 3. The predicted octanol–water partition coefficient (Wildman–Crippen LogP) is 2.99. The minimum absolute atomic E-state index is 0.0288. The molecular formula is C25H31N3O5. The van der Waals surface area contributed by atoms with Gasteiger partial charge in [0.25, 0.3) is 0 Å². The topological polar surface area (TPSA) is 124 Å². The van der Waals surface area contributed by atoms with E-state index in [2.05, 4.69) is 40.2 Å². The van der Waals surface area contributed by atoms with Gasteiger partial charge in [0.2, 0.25) is 5.91 Å². The summed E-state index contributed by atoms with van der Waals surface area (Å²) >= 11 is 0. The molecule has 33 heavy (non-hydrogen) atoms. The van der Waals surface area contributed by atoms with Crippen molar-refractivity contribution in [2.75, 3.05) is 13.2 Å². The maximum atomic E-state index is 11.7. The van der Waals surface area contributed by atoms with Gasteiger partial charge in [0.1, 0.15) is 19.2 Å². The molecule has 8 heteroatoms. The van der Waals surface area contributed by atoms with E-state index in [4.69, 9.17) is 10.5 Å². The Bertz CT molecular complexity index is 1030. The first-order chi connectivity index (χ1) is 15.9. The SMILES string of the molecule is CCOC(=O)CNC(=O)CC[C@@H](N)C(=O)OCc1ccccc1.Cc1c[nH]c2ccccc12. The number of carbonyl (C=O) groups is 3. The third-order valence-electron chi connectivity index (χ3n) is 4.74. The van der Waals surface area contributed by atoms with Gasteiger partial charge in [-0.1, -0.05) is 48.5 Å². The normalized spacial score (nSPS) is 11.1. The van der Waals surface area contributed by atoms with Gasteiger partial charge in [-0.3, -0.25) is 14.4 Å². The first-order valence-corrected chi connectivity index (χ1v) is 10.8. The lowest BCUT2D eigenvalue weighted by molar-refractivity contribution is -0.147. The number of aromatic nitrogens is 1. The minimum Gasteiger partial charge on any atom is -0.465 e. The van der Waals surface area contributed by atoms with Gasteiger partial charge < -0.3 is 25.5 Å². The molecule has 1 atom stereocenters. The highest BCUT2D eigenvalue weighted by Crippen LogP contribution is 2.15. The Balaban J connectivity index is 0.000000315. The van der Waals surface area contributed by atoms with E-state index in [1.165, 1.54) is 16.5 Å². The highest BCUT2D eigenvalue weighted by atomic mass is 16.5. The number of hydrogen-bond acceptors (Lipinski definition) is 6. The molecule has 0 aliphatic carbocycles. The molecule has 4 N–H and O–H groups in total. The van der Waals surface area contributed by atoms with Gasteiger partial charge in [-0.15, -0.1) is 0 Å². The number of nitrogens with two attached hydrogens (primary N) is 1. The fourth-order valence-corrected chi connectivity index (χ4v) is 2.93.